The first-order chi connectivity index (χ1) is 14.9. The van der Waals surface area contributed by atoms with Gasteiger partial charge < -0.3 is 10.6 Å². The van der Waals surface area contributed by atoms with Crippen LogP contribution in [-0.4, -0.2) is 29.3 Å². The number of hydrogen-bond acceptors (Lipinski definition) is 3. The van der Waals surface area contributed by atoms with E-state index in [4.69, 9.17) is 11.6 Å². The van der Waals surface area contributed by atoms with Gasteiger partial charge in [-0.05, 0) is 24.6 Å². The fraction of sp³-hybridized carbons (Fsp3) is 0.125. The van der Waals surface area contributed by atoms with Crippen molar-refractivity contribution < 1.29 is 14.4 Å². The zero-order valence-electron chi connectivity index (χ0n) is 16.8. The zero-order valence-corrected chi connectivity index (χ0v) is 17.5. The summed E-state index contributed by atoms with van der Waals surface area (Å²) in [6.45, 7) is 1.17. The van der Waals surface area contributed by atoms with E-state index in [1.165, 1.54) is 0 Å². The van der Waals surface area contributed by atoms with Crippen LogP contribution in [0.1, 0.15) is 12.5 Å². The predicted octanol–water partition coefficient (Wildman–Crippen LogP) is 4.41. The Morgan fingerprint density at radius 3 is 2.35 bits per heavy atom. The normalized spacial score (nSPS) is 18.1. The van der Waals surface area contributed by atoms with Crippen LogP contribution in [0, 0.1) is 0 Å². The number of carbonyl (C=O) groups excluding carboxylic acids is 3. The first-order valence-electron chi connectivity index (χ1n) is 9.73. The van der Waals surface area contributed by atoms with E-state index in [2.05, 4.69) is 10.6 Å². The third-order valence-electron chi connectivity index (χ3n) is 5.28. The molecule has 0 saturated carbocycles. The minimum atomic E-state index is -1.34. The number of carbonyl (C=O) groups is 3. The molecule has 6 nitrogen and oxygen atoms in total. The number of imide groups is 1. The quantitative estimate of drug-likeness (QED) is 0.585. The van der Waals surface area contributed by atoms with Crippen molar-refractivity contribution in [2.45, 2.75) is 12.5 Å². The lowest BCUT2D eigenvalue weighted by Crippen LogP contribution is -2.42. The molecule has 1 fully saturated rings. The van der Waals surface area contributed by atoms with Gasteiger partial charge in [-0.1, -0.05) is 78.3 Å². The summed E-state index contributed by atoms with van der Waals surface area (Å²) in [7, 11) is 0. The van der Waals surface area contributed by atoms with Gasteiger partial charge in [0, 0.05) is 21.8 Å². The van der Waals surface area contributed by atoms with E-state index in [9.17, 15) is 14.4 Å². The number of anilines is 1. The summed E-state index contributed by atoms with van der Waals surface area (Å²) in [6, 6.07) is 23.2. The van der Waals surface area contributed by atoms with E-state index < -0.39 is 29.9 Å². The number of nitrogens with zero attached hydrogens (tertiary/aromatic N) is 1. The van der Waals surface area contributed by atoms with Crippen molar-refractivity contribution in [2.75, 3.05) is 11.9 Å². The summed E-state index contributed by atoms with van der Waals surface area (Å²) >= 11 is 6.24. The lowest BCUT2D eigenvalue weighted by molar-refractivity contribution is -0.133. The molecule has 1 heterocycles. The third-order valence-corrected chi connectivity index (χ3v) is 5.60. The van der Waals surface area contributed by atoms with Crippen LogP contribution in [0.3, 0.4) is 0 Å². The van der Waals surface area contributed by atoms with Gasteiger partial charge in [-0.15, -0.1) is 0 Å². The maximum absolute atomic E-state index is 13.1. The molecule has 0 spiro atoms. The Kier molecular flexibility index (Phi) is 5.48. The second-order valence-electron chi connectivity index (χ2n) is 7.39. The summed E-state index contributed by atoms with van der Waals surface area (Å²) in [5.74, 6) is -1.01. The SMILES string of the molecule is C[C@@]1(c2ccccc2Cl)NC(=O)N(CC(=O)Nc2ccccc2-c2ccccc2)C1=O. The van der Waals surface area contributed by atoms with Crippen LogP contribution in [0.15, 0.2) is 78.9 Å². The van der Waals surface area contributed by atoms with Crippen molar-refractivity contribution in [1.29, 1.82) is 0 Å². The Morgan fingerprint density at radius 1 is 0.968 bits per heavy atom. The van der Waals surface area contributed by atoms with Crippen molar-refractivity contribution in [3.05, 3.63) is 89.4 Å². The smallest absolute Gasteiger partial charge is 0.324 e. The van der Waals surface area contributed by atoms with E-state index in [1.54, 1.807) is 37.3 Å². The highest BCUT2D eigenvalue weighted by Gasteiger charge is 2.50. The number of halogens is 1. The summed E-state index contributed by atoms with van der Waals surface area (Å²) < 4.78 is 0. The molecular formula is C24H20ClN3O3. The molecule has 3 aromatic rings. The van der Waals surface area contributed by atoms with Crippen LogP contribution in [0.25, 0.3) is 11.1 Å². The molecule has 31 heavy (non-hydrogen) atoms. The largest absolute Gasteiger partial charge is 0.325 e. The monoisotopic (exact) mass is 433 g/mol. The summed E-state index contributed by atoms with van der Waals surface area (Å²) in [6.07, 6.45) is 0. The zero-order chi connectivity index (χ0) is 22.0. The Hall–Kier alpha value is -3.64. The second kappa shape index (κ2) is 8.24. The number of benzene rings is 3. The molecule has 2 N–H and O–H groups in total. The topological polar surface area (TPSA) is 78.5 Å². The van der Waals surface area contributed by atoms with Crippen molar-refractivity contribution in [1.82, 2.24) is 10.2 Å². The average Bonchev–Trinajstić information content (AvgIpc) is 2.98. The van der Waals surface area contributed by atoms with E-state index in [0.717, 1.165) is 16.0 Å². The Bertz CT molecular complexity index is 1170. The lowest BCUT2D eigenvalue weighted by atomic mass is 9.92. The number of rotatable bonds is 5. The molecule has 4 rings (SSSR count). The fourth-order valence-electron chi connectivity index (χ4n) is 3.68. The maximum Gasteiger partial charge on any atom is 0.325 e. The fourth-order valence-corrected chi connectivity index (χ4v) is 4.01. The summed E-state index contributed by atoms with van der Waals surface area (Å²) in [5, 5.41) is 5.85. The lowest BCUT2D eigenvalue weighted by Gasteiger charge is -2.23. The van der Waals surface area contributed by atoms with Crippen LogP contribution in [-0.2, 0) is 15.1 Å². The first-order valence-corrected chi connectivity index (χ1v) is 10.1. The number of hydrogen-bond donors (Lipinski definition) is 2. The molecule has 4 amide bonds. The Labute approximate surface area is 184 Å². The molecule has 1 atom stereocenters. The highest BCUT2D eigenvalue weighted by atomic mass is 35.5. The third kappa shape index (κ3) is 3.90. The van der Waals surface area contributed by atoms with Gasteiger partial charge in [0.05, 0.1) is 0 Å². The molecule has 0 radical (unpaired) electrons. The van der Waals surface area contributed by atoms with E-state index >= 15 is 0 Å². The highest BCUT2D eigenvalue weighted by molar-refractivity contribution is 6.32. The second-order valence-corrected chi connectivity index (χ2v) is 7.79. The summed E-state index contributed by atoms with van der Waals surface area (Å²) in [5.41, 5.74) is 1.53. The van der Waals surface area contributed by atoms with Crippen molar-refractivity contribution in [3.63, 3.8) is 0 Å². The van der Waals surface area contributed by atoms with Gasteiger partial charge in [0.1, 0.15) is 12.1 Å². The number of amides is 4. The van der Waals surface area contributed by atoms with Crippen LogP contribution in [0.4, 0.5) is 10.5 Å². The van der Waals surface area contributed by atoms with E-state index in [1.807, 2.05) is 48.5 Å². The number of para-hydroxylation sites is 1. The number of nitrogens with one attached hydrogen (secondary N) is 2. The van der Waals surface area contributed by atoms with Crippen LogP contribution in [0.2, 0.25) is 5.02 Å². The van der Waals surface area contributed by atoms with Crippen molar-refractivity contribution >= 4 is 35.1 Å². The molecule has 3 aromatic carbocycles. The summed E-state index contributed by atoms with van der Waals surface area (Å²) in [4.78, 5) is 39.3. The average molecular weight is 434 g/mol. The van der Waals surface area contributed by atoms with Gasteiger partial charge in [0.25, 0.3) is 5.91 Å². The standard InChI is InChI=1S/C24H20ClN3O3/c1-24(18-12-6-7-13-19(18)25)22(30)28(23(31)27-24)15-21(29)26-20-14-8-5-11-17(20)16-9-3-2-4-10-16/h2-14H,15H2,1H3,(H,26,29)(H,27,31)/t24-/m0/s1. The molecular weight excluding hydrogens is 414 g/mol. The van der Waals surface area contributed by atoms with Crippen LogP contribution in [0.5, 0.6) is 0 Å². The Balaban J connectivity index is 1.53. The van der Waals surface area contributed by atoms with E-state index in [0.29, 0.717) is 16.3 Å². The molecule has 156 valence electrons. The number of urea groups is 1. The van der Waals surface area contributed by atoms with Gasteiger partial charge >= 0.3 is 6.03 Å². The van der Waals surface area contributed by atoms with Crippen molar-refractivity contribution in [2.24, 2.45) is 0 Å². The highest BCUT2D eigenvalue weighted by Crippen LogP contribution is 2.33. The molecule has 1 aliphatic rings. The van der Waals surface area contributed by atoms with Gasteiger partial charge in [-0.25, -0.2) is 4.79 Å². The molecule has 0 aliphatic carbocycles. The maximum atomic E-state index is 13.1. The van der Waals surface area contributed by atoms with Gasteiger partial charge in [0.2, 0.25) is 5.91 Å². The molecule has 1 aliphatic heterocycles. The first kappa shape index (κ1) is 20.6. The van der Waals surface area contributed by atoms with Gasteiger partial charge in [-0.3, -0.25) is 14.5 Å². The molecule has 0 unspecified atom stereocenters. The molecule has 0 bridgehead atoms. The molecule has 0 aromatic heterocycles. The molecule has 7 heteroatoms. The van der Waals surface area contributed by atoms with Gasteiger partial charge in [-0.2, -0.15) is 0 Å². The van der Waals surface area contributed by atoms with E-state index in [-0.39, 0.29) is 0 Å². The minimum Gasteiger partial charge on any atom is -0.324 e. The minimum absolute atomic E-state index is 0.363. The van der Waals surface area contributed by atoms with Crippen LogP contribution < -0.4 is 10.6 Å². The van der Waals surface area contributed by atoms with Crippen molar-refractivity contribution in [3.8, 4) is 11.1 Å². The van der Waals surface area contributed by atoms with Gasteiger partial charge in [0.15, 0.2) is 0 Å². The predicted molar refractivity (Wildman–Crippen MR) is 120 cm³/mol. The molecule has 1 saturated heterocycles. The van der Waals surface area contributed by atoms with Crippen LogP contribution >= 0.6 is 11.6 Å². The Morgan fingerprint density at radius 2 is 1.61 bits per heavy atom.